The quantitative estimate of drug-likeness (QED) is 0.690. The molecule has 1 aromatic carbocycles. The van der Waals surface area contributed by atoms with Crippen LogP contribution in [0.5, 0.6) is 0 Å². The van der Waals surface area contributed by atoms with Crippen LogP contribution in [0.4, 0.5) is 4.79 Å². The molecular formula is C22H37N3O2S. The van der Waals surface area contributed by atoms with Crippen LogP contribution in [0.15, 0.2) is 30.3 Å². The van der Waals surface area contributed by atoms with E-state index in [4.69, 9.17) is 4.74 Å². The van der Waals surface area contributed by atoms with E-state index in [-0.39, 0.29) is 23.7 Å². The fourth-order valence-electron chi connectivity index (χ4n) is 3.46. The molecule has 28 heavy (non-hydrogen) atoms. The Morgan fingerprint density at radius 3 is 2.50 bits per heavy atom. The summed E-state index contributed by atoms with van der Waals surface area (Å²) in [7, 11) is 4.34. The molecule has 0 bridgehead atoms. The van der Waals surface area contributed by atoms with E-state index in [2.05, 4.69) is 60.8 Å². The predicted octanol–water partition coefficient (Wildman–Crippen LogP) is 3.54. The number of benzene rings is 1. The largest absolute Gasteiger partial charge is 0.444 e. The van der Waals surface area contributed by atoms with Crippen LogP contribution in [-0.2, 0) is 11.2 Å². The summed E-state index contributed by atoms with van der Waals surface area (Å²) >= 11 is 2.02. The lowest BCUT2D eigenvalue weighted by molar-refractivity contribution is 0.0495. The molecule has 0 radical (unpaired) electrons. The summed E-state index contributed by atoms with van der Waals surface area (Å²) in [6.45, 7) is 8.61. The maximum absolute atomic E-state index is 12.3. The van der Waals surface area contributed by atoms with Gasteiger partial charge in [0.1, 0.15) is 5.60 Å². The molecule has 1 aliphatic rings. The van der Waals surface area contributed by atoms with Gasteiger partial charge in [0.25, 0.3) is 0 Å². The van der Waals surface area contributed by atoms with Gasteiger partial charge in [0.2, 0.25) is 0 Å². The number of carbonyl (C=O) groups is 1. The summed E-state index contributed by atoms with van der Waals surface area (Å²) in [6, 6.07) is 10.5. The van der Waals surface area contributed by atoms with Gasteiger partial charge in [-0.1, -0.05) is 30.3 Å². The number of alkyl carbamates (subject to hydrolysis) is 1. The molecule has 6 heteroatoms. The molecular weight excluding hydrogens is 370 g/mol. The zero-order valence-electron chi connectivity index (χ0n) is 18.2. The Kier molecular flexibility index (Phi) is 8.22. The standard InChI is InChI=1S/C22H37N3O2S/c1-17(24-20(26)27-21(2,3)4)19(14-18-10-8-7-9-11-18)23-15-22(25(5)6)12-13-28-16-22/h7-11,17,19,23H,12-16H2,1-6H3,(H,24,26)/t17-,19+,22+/m0/s1. The number of hydrogen-bond donors (Lipinski definition) is 2. The van der Waals surface area contributed by atoms with E-state index in [1.807, 2.05) is 38.6 Å². The van der Waals surface area contributed by atoms with Crippen molar-refractivity contribution in [2.24, 2.45) is 0 Å². The van der Waals surface area contributed by atoms with Crippen LogP contribution in [0.25, 0.3) is 0 Å². The van der Waals surface area contributed by atoms with Gasteiger partial charge >= 0.3 is 6.09 Å². The molecule has 1 saturated heterocycles. The average molecular weight is 408 g/mol. The van der Waals surface area contributed by atoms with E-state index < -0.39 is 5.60 Å². The number of nitrogens with zero attached hydrogens (tertiary/aromatic N) is 1. The van der Waals surface area contributed by atoms with Crippen LogP contribution < -0.4 is 10.6 Å². The summed E-state index contributed by atoms with van der Waals surface area (Å²) in [6.07, 6.45) is 1.68. The van der Waals surface area contributed by atoms with E-state index in [1.165, 1.54) is 17.7 Å². The Balaban J connectivity index is 2.06. The molecule has 1 aliphatic heterocycles. The SMILES string of the molecule is C[C@H](NC(=O)OC(C)(C)C)[C@@H](Cc1ccccc1)NC[C@]1(N(C)C)CCSC1. The van der Waals surface area contributed by atoms with Gasteiger partial charge in [0.05, 0.1) is 0 Å². The minimum Gasteiger partial charge on any atom is -0.444 e. The van der Waals surface area contributed by atoms with Gasteiger partial charge in [-0.25, -0.2) is 4.79 Å². The lowest BCUT2D eigenvalue weighted by Gasteiger charge is -2.38. The highest BCUT2D eigenvalue weighted by Gasteiger charge is 2.37. The van der Waals surface area contributed by atoms with Crippen LogP contribution in [0.1, 0.15) is 39.7 Å². The first-order valence-electron chi connectivity index (χ1n) is 10.1. The first-order valence-corrected chi connectivity index (χ1v) is 11.3. The topological polar surface area (TPSA) is 53.6 Å². The average Bonchev–Trinajstić information content (AvgIpc) is 3.08. The number of hydrogen-bond acceptors (Lipinski definition) is 5. The van der Waals surface area contributed by atoms with Gasteiger partial charge in [-0.2, -0.15) is 11.8 Å². The van der Waals surface area contributed by atoms with E-state index in [0.717, 1.165) is 18.7 Å². The normalized spacial score (nSPS) is 22.1. The van der Waals surface area contributed by atoms with Crippen molar-refractivity contribution in [1.82, 2.24) is 15.5 Å². The third-order valence-electron chi connectivity index (χ3n) is 5.37. The number of nitrogens with one attached hydrogen (secondary N) is 2. The number of rotatable bonds is 8. The van der Waals surface area contributed by atoms with Gasteiger partial charge in [-0.15, -0.1) is 0 Å². The van der Waals surface area contributed by atoms with Crippen LogP contribution in [-0.4, -0.2) is 66.4 Å². The molecule has 5 nitrogen and oxygen atoms in total. The maximum atomic E-state index is 12.3. The first-order chi connectivity index (χ1) is 13.1. The second-order valence-corrected chi connectivity index (χ2v) is 10.1. The summed E-state index contributed by atoms with van der Waals surface area (Å²) in [4.78, 5) is 14.6. The monoisotopic (exact) mass is 407 g/mol. The van der Waals surface area contributed by atoms with Gasteiger partial charge in [0, 0.05) is 29.9 Å². The molecule has 2 N–H and O–H groups in total. The predicted molar refractivity (Wildman–Crippen MR) is 119 cm³/mol. The van der Waals surface area contributed by atoms with E-state index in [9.17, 15) is 4.79 Å². The molecule has 2 rings (SSSR count). The fraction of sp³-hybridized carbons (Fsp3) is 0.682. The molecule has 1 amide bonds. The Morgan fingerprint density at radius 1 is 1.29 bits per heavy atom. The molecule has 0 spiro atoms. The Hall–Kier alpha value is -1.24. The first kappa shape index (κ1) is 23.0. The van der Waals surface area contributed by atoms with Gasteiger partial charge in [0.15, 0.2) is 0 Å². The summed E-state index contributed by atoms with van der Waals surface area (Å²) < 4.78 is 5.46. The Labute approximate surface area is 175 Å². The minimum absolute atomic E-state index is 0.0525. The van der Waals surface area contributed by atoms with Crippen molar-refractivity contribution in [3.63, 3.8) is 0 Å². The third-order valence-corrected chi connectivity index (χ3v) is 6.61. The van der Waals surface area contributed by atoms with Gasteiger partial charge in [-0.3, -0.25) is 0 Å². The highest BCUT2D eigenvalue weighted by atomic mass is 32.2. The zero-order valence-corrected chi connectivity index (χ0v) is 19.1. The zero-order chi connectivity index (χ0) is 20.8. The summed E-state index contributed by atoms with van der Waals surface area (Å²) in [5.74, 6) is 2.34. The van der Waals surface area contributed by atoms with Crippen molar-refractivity contribution >= 4 is 17.9 Å². The van der Waals surface area contributed by atoms with Crippen LogP contribution in [0.3, 0.4) is 0 Å². The van der Waals surface area contributed by atoms with E-state index >= 15 is 0 Å². The fourth-order valence-corrected chi connectivity index (χ4v) is 5.01. The van der Waals surface area contributed by atoms with Gasteiger partial charge < -0.3 is 20.3 Å². The lowest BCUT2D eigenvalue weighted by atomic mass is 9.94. The number of carbonyl (C=O) groups excluding carboxylic acids is 1. The Bertz CT molecular complexity index is 610. The second-order valence-electron chi connectivity index (χ2n) is 9.03. The molecule has 0 aromatic heterocycles. The molecule has 0 unspecified atom stereocenters. The van der Waals surface area contributed by atoms with Crippen molar-refractivity contribution in [2.75, 3.05) is 32.1 Å². The van der Waals surface area contributed by atoms with Crippen LogP contribution in [0.2, 0.25) is 0 Å². The number of thioether (sulfide) groups is 1. The molecule has 3 atom stereocenters. The van der Waals surface area contributed by atoms with Crippen molar-refractivity contribution in [2.45, 2.75) is 63.8 Å². The summed E-state index contributed by atoms with van der Waals surface area (Å²) in [5.41, 5.74) is 0.936. The number of likely N-dealkylation sites (N-methyl/N-ethyl adjacent to an activating group) is 1. The van der Waals surface area contributed by atoms with Crippen LogP contribution in [0, 0.1) is 0 Å². The smallest absolute Gasteiger partial charge is 0.407 e. The molecule has 0 aliphatic carbocycles. The molecule has 0 saturated carbocycles. The van der Waals surface area contributed by atoms with Crippen molar-refractivity contribution in [3.8, 4) is 0 Å². The van der Waals surface area contributed by atoms with Crippen molar-refractivity contribution in [3.05, 3.63) is 35.9 Å². The van der Waals surface area contributed by atoms with Crippen molar-refractivity contribution < 1.29 is 9.53 Å². The number of amides is 1. The van der Waals surface area contributed by atoms with E-state index in [0.29, 0.717) is 0 Å². The Morgan fingerprint density at radius 2 is 1.96 bits per heavy atom. The highest BCUT2D eigenvalue weighted by molar-refractivity contribution is 7.99. The molecule has 1 aromatic rings. The minimum atomic E-state index is -0.498. The molecule has 1 heterocycles. The highest BCUT2D eigenvalue weighted by Crippen LogP contribution is 2.31. The van der Waals surface area contributed by atoms with Crippen molar-refractivity contribution in [1.29, 1.82) is 0 Å². The van der Waals surface area contributed by atoms with Gasteiger partial charge in [-0.05, 0) is 65.9 Å². The molecule has 1 fully saturated rings. The van der Waals surface area contributed by atoms with E-state index in [1.54, 1.807) is 0 Å². The number of ether oxygens (including phenoxy) is 1. The summed E-state index contributed by atoms with van der Waals surface area (Å²) in [5, 5.41) is 6.81. The molecule has 158 valence electrons. The third kappa shape index (κ3) is 6.98. The maximum Gasteiger partial charge on any atom is 0.407 e. The van der Waals surface area contributed by atoms with Crippen LogP contribution >= 0.6 is 11.8 Å². The lowest BCUT2D eigenvalue weighted by Crippen LogP contribution is -2.58. The second kappa shape index (κ2) is 9.99.